The summed E-state index contributed by atoms with van der Waals surface area (Å²) in [5.74, 6) is -0.202. The average molecular weight is 227 g/mol. The molecule has 2 rings (SSSR count). The van der Waals surface area contributed by atoms with Gasteiger partial charge >= 0.3 is 0 Å². The van der Waals surface area contributed by atoms with Crippen molar-refractivity contribution in [3.05, 3.63) is 0 Å². The summed E-state index contributed by atoms with van der Waals surface area (Å²) in [5, 5.41) is 3.75. The van der Waals surface area contributed by atoms with E-state index in [1.165, 1.54) is 25.7 Å². The Hall–Kier alpha value is -0.120. The molecule has 94 valence electrons. The van der Waals surface area contributed by atoms with E-state index in [4.69, 9.17) is 9.47 Å². The monoisotopic (exact) mass is 227 g/mol. The van der Waals surface area contributed by atoms with Crippen molar-refractivity contribution in [1.29, 1.82) is 0 Å². The maximum Gasteiger partial charge on any atom is 0.168 e. The molecule has 1 aliphatic carbocycles. The molecule has 1 saturated carbocycles. The van der Waals surface area contributed by atoms with E-state index in [9.17, 15) is 0 Å². The third kappa shape index (κ3) is 2.76. The topological polar surface area (TPSA) is 30.5 Å². The molecule has 3 nitrogen and oxygen atoms in total. The maximum absolute atomic E-state index is 5.74. The first-order chi connectivity index (χ1) is 7.78. The summed E-state index contributed by atoms with van der Waals surface area (Å²) in [5.41, 5.74) is 0. The highest BCUT2D eigenvalue weighted by Gasteiger charge is 2.40. The van der Waals surface area contributed by atoms with E-state index in [-0.39, 0.29) is 5.79 Å². The van der Waals surface area contributed by atoms with Crippen LogP contribution in [0, 0.1) is 0 Å². The van der Waals surface area contributed by atoms with Crippen LogP contribution in [0.1, 0.15) is 52.4 Å². The van der Waals surface area contributed by atoms with Crippen LogP contribution in [0.5, 0.6) is 0 Å². The van der Waals surface area contributed by atoms with Gasteiger partial charge < -0.3 is 14.8 Å². The third-order valence-electron chi connectivity index (χ3n) is 4.02. The molecule has 0 amide bonds. The second-order valence-electron chi connectivity index (χ2n) is 5.06. The first kappa shape index (κ1) is 12.3. The van der Waals surface area contributed by atoms with E-state index < -0.39 is 0 Å². The summed E-state index contributed by atoms with van der Waals surface area (Å²) in [7, 11) is 0. The highest BCUT2D eigenvalue weighted by Crippen LogP contribution is 2.35. The van der Waals surface area contributed by atoms with E-state index in [1.807, 2.05) is 0 Å². The lowest BCUT2D eigenvalue weighted by Crippen LogP contribution is -2.45. The molecule has 0 aromatic rings. The lowest BCUT2D eigenvalue weighted by atomic mass is 9.89. The molecule has 2 fully saturated rings. The number of hydrogen-bond acceptors (Lipinski definition) is 3. The van der Waals surface area contributed by atoms with Crippen LogP contribution in [0.4, 0.5) is 0 Å². The van der Waals surface area contributed by atoms with Crippen LogP contribution in [0.25, 0.3) is 0 Å². The van der Waals surface area contributed by atoms with Gasteiger partial charge in [0.1, 0.15) is 0 Å². The molecule has 0 unspecified atom stereocenters. The van der Waals surface area contributed by atoms with Crippen LogP contribution in [0.15, 0.2) is 0 Å². The molecule has 0 bridgehead atoms. The first-order valence-electron chi connectivity index (χ1n) is 6.82. The van der Waals surface area contributed by atoms with Gasteiger partial charge in [0.15, 0.2) is 5.79 Å². The van der Waals surface area contributed by atoms with Crippen molar-refractivity contribution in [2.45, 2.75) is 70.2 Å². The molecule has 0 radical (unpaired) electrons. The van der Waals surface area contributed by atoms with Crippen LogP contribution in [-0.4, -0.2) is 31.1 Å². The molecule has 2 aliphatic rings. The van der Waals surface area contributed by atoms with Gasteiger partial charge in [-0.3, -0.25) is 0 Å². The molecule has 3 heteroatoms. The predicted molar refractivity (Wildman–Crippen MR) is 64.4 cm³/mol. The minimum atomic E-state index is -0.202. The molecule has 1 saturated heterocycles. The van der Waals surface area contributed by atoms with Crippen LogP contribution in [-0.2, 0) is 9.47 Å². The standard InChI is InChI=1S/C13H25NO2/c1-3-11(4-2)14-12-5-7-13(8-6-12)15-9-10-16-13/h11-12,14H,3-10H2,1-2H3. The van der Waals surface area contributed by atoms with Crippen molar-refractivity contribution in [2.24, 2.45) is 0 Å². The molecule has 1 aliphatic heterocycles. The summed E-state index contributed by atoms with van der Waals surface area (Å²) in [6.07, 6.45) is 6.96. The average Bonchev–Trinajstić information content (AvgIpc) is 2.77. The number of ether oxygens (including phenoxy) is 2. The van der Waals surface area contributed by atoms with E-state index in [1.54, 1.807) is 0 Å². The maximum atomic E-state index is 5.74. The largest absolute Gasteiger partial charge is 0.348 e. The second-order valence-corrected chi connectivity index (χ2v) is 5.06. The highest BCUT2D eigenvalue weighted by atomic mass is 16.7. The van der Waals surface area contributed by atoms with Gasteiger partial charge in [-0.1, -0.05) is 13.8 Å². The summed E-state index contributed by atoms with van der Waals surface area (Å²) in [6, 6.07) is 1.35. The molecule has 16 heavy (non-hydrogen) atoms. The third-order valence-corrected chi connectivity index (χ3v) is 4.02. The Balaban J connectivity index is 1.76. The van der Waals surface area contributed by atoms with Gasteiger partial charge in [-0.05, 0) is 25.7 Å². The number of rotatable bonds is 4. The van der Waals surface area contributed by atoms with Gasteiger partial charge in [-0.15, -0.1) is 0 Å². The Labute approximate surface area is 98.9 Å². The molecular weight excluding hydrogens is 202 g/mol. The predicted octanol–water partition coefficient (Wildman–Crippen LogP) is 2.45. The van der Waals surface area contributed by atoms with Crippen LogP contribution < -0.4 is 5.32 Å². The lowest BCUT2D eigenvalue weighted by Gasteiger charge is -2.37. The van der Waals surface area contributed by atoms with Crippen LogP contribution in [0.3, 0.4) is 0 Å². The summed E-state index contributed by atoms with van der Waals surface area (Å²) in [4.78, 5) is 0. The quantitative estimate of drug-likeness (QED) is 0.800. The number of nitrogens with one attached hydrogen (secondary N) is 1. The summed E-state index contributed by atoms with van der Waals surface area (Å²) >= 11 is 0. The van der Waals surface area contributed by atoms with Crippen molar-refractivity contribution in [3.8, 4) is 0 Å². The minimum Gasteiger partial charge on any atom is -0.348 e. The normalized spacial score (nSPS) is 25.7. The Bertz CT molecular complexity index is 200. The van der Waals surface area contributed by atoms with Crippen molar-refractivity contribution in [1.82, 2.24) is 5.32 Å². The van der Waals surface area contributed by atoms with Gasteiger partial charge in [-0.2, -0.15) is 0 Å². The van der Waals surface area contributed by atoms with Crippen LogP contribution in [0.2, 0.25) is 0 Å². The van der Waals surface area contributed by atoms with Gasteiger partial charge in [-0.25, -0.2) is 0 Å². The van der Waals surface area contributed by atoms with E-state index in [0.717, 1.165) is 26.1 Å². The number of hydrogen-bond donors (Lipinski definition) is 1. The van der Waals surface area contributed by atoms with Gasteiger partial charge in [0.05, 0.1) is 13.2 Å². The SMILES string of the molecule is CCC(CC)NC1CCC2(CC1)OCCO2. The Kier molecular flexibility index (Phi) is 4.22. The molecule has 0 aromatic carbocycles. The van der Waals surface area contributed by atoms with Crippen molar-refractivity contribution in [2.75, 3.05) is 13.2 Å². The second kappa shape index (κ2) is 5.48. The van der Waals surface area contributed by atoms with Gasteiger partial charge in [0, 0.05) is 24.9 Å². The molecule has 1 spiro atoms. The molecule has 0 aromatic heterocycles. The van der Waals surface area contributed by atoms with Crippen LogP contribution >= 0.6 is 0 Å². The summed E-state index contributed by atoms with van der Waals surface area (Å²) < 4.78 is 11.5. The van der Waals surface area contributed by atoms with Gasteiger partial charge in [0.25, 0.3) is 0 Å². The first-order valence-corrected chi connectivity index (χ1v) is 6.82. The van der Waals surface area contributed by atoms with E-state index in [0.29, 0.717) is 12.1 Å². The fourth-order valence-corrected chi connectivity index (χ4v) is 2.87. The highest BCUT2D eigenvalue weighted by molar-refractivity contribution is 4.86. The zero-order valence-electron chi connectivity index (χ0n) is 10.6. The van der Waals surface area contributed by atoms with Crippen molar-refractivity contribution in [3.63, 3.8) is 0 Å². The minimum absolute atomic E-state index is 0.202. The Morgan fingerprint density at radius 1 is 1.12 bits per heavy atom. The molecule has 1 heterocycles. The fourth-order valence-electron chi connectivity index (χ4n) is 2.87. The lowest BCUT2D eigenvalue weighted by molar-refractivity contribution is -0.179. The Morgan fingerprint density at radius 3 is 2.19 bits per heavy atom. The molecule has 1 N–H and O–H groups in total. The fraction of sp³-hybridized carbons (Fsp3) is 1.00. The van der Waals surface area contributed by atoms with E-state index >= 15 is 0 Å². The van der Waals surface area contributed by atoms with Crippen molar-refractivity contribution >= 4 is 0 Å². The molecular formula is C13H25NO2. The molecule has 0 atom stereocenters. The van der Waals surface area contributed by atoms with Gasteiger partial charge in [0.2, 0.25) is 0 Å². The zero-order chi connectivity index (χ0) is 11.4. The Morgan fingerprint density at radius 2 is 1.69 bits per heavy atom. The summed E-state index contributed by atoms with van der Waals surface area (Å²) in [6.45, 7) is 6.08. The van der Waals surface area contributed by atoms with Crippen molar-refractivity contribution < 1.29 is 9.47 Å². The zero-order valence-corrected chi connectivity index (χ0v) is 10.6. The smallest absolute Gasteiger partial charge is 0.168 e. The van der Waals surface area contributed by atoms with E-state index in [2.05, 4.69) is 19.2 Å².